The molecule has 0 bridgehead atoms. The number of carbonyl (C=O) groups excluding carboxylic acids is 1. The highest BCUT2D eigenvalue weighted by atomic mass is 16.5. The first kappa shape index (κ1) is 11.0. The first-order valence-electron chi connectivity index (χ1n) is 5.79. The van der Waals surface area contributed by atoms with Crippen LogP contribution in [0.15, 0.2) is 30.3 Å². The van der Waals surface area contributed by atoms with Crippen molar-refractivity contribution < 1.29 is 9.53 Å². The molecule has 0 heterocycles. The van der Waals surface area contributed by atoms with Crippen LogP contribution in [0.25, 0.3) is 0 Å². The predicted octanol–water partition coefficient (Wildman–Crippen LogP) is 2.88. The van der Waals surface area contributed by atoms with Gasteiger partial charge in [-0.05, 0) is 31.2 Å². The summed E-state index contributed by atoms with van der Waals surface area (Å²) in [5.41, 5.74) is 1.16. The highest BCUT2D eigenvalue weighted by Crippen LogP contribution is 2.40. The van der Waals surface area contributed by atoms with Crippen LogP contribution in [-0.4, -0.2) is 12.7 Å². The summed E-state index contributed by atoms with van der Waals surface area (Å²) >= 11 is 0. The molecule has 1 fully saturated rings. The van der Waals surface area contributed by atoms with E-state index in [9.17, 15) is 4.79 Å². The van der Waals surface area contributed by atoms with Crippen LogP contribution in [-0.2, 0) is 4.74 Å². The van der Waals surface area contributed by atoms with Crippen LogP contribution in [0.2, 0.25) is 0 Å². The molecular formula is C13H17NO2. The van der Waals surface area contributed by atoms with E-state index in [4.69, 9.17) is 4.74 Å². The zero-order chi connectivity index (χ0) is 11.4. The molecule has 0 saturated heterocycles. The van der Waals surface area contributed by atoms with Gasteiger partial charge in [0.25, 0.3) is 0 Å². The van der Waals surface area contributed by atoms with E-state index >= 15 is 0 Å². The second kappa shape index (κ2) is 5.01. The Bertz CT molecular complexity index is 346. The van der Waals surface area contributed by atoms with Gasteiger partial charge in [-0.1, -0.05) is 30.3 Å². The van der Waals surface area contributed by atoms with Gasteiger partial charge in [0.05, 0.1) is 12.6 Å². The van der Waals surface area contributed by atoms with Gasteiger partial charge in [0.2, 0.25) is 0 Å². The van der Waals surface area contributed by atoms with Gasteiger partial charge in [0, 0.05) is 0 Å². The normalized spacial score (nSPS) is 16.6. The number of benzene rings is 1. The molecule has 1 aliphatic carbocycles. The Hall–Kier alpha value is -1.51. The predicted molar refractivity (Wildman–Crippen MR) is 62.1 cm³/mol. The van der Waals surface area contributed by atoms with Crippen LogP contribution in [0.4, 0.5) is 4.79 Å². The fourth-order valence-corrected chi connectivity index (χ4v) is 1.86. The lowest BCUT2D eigenvalue weighted by atomic mass is 10.0. The molecular weight excluding hydrogens is 202 g/mol. The SMILES string of the molecule is CCOC(=O)NC(c1ccccc1)C1CC1. The van der Waals surface area contributed by atoms with Crippen LogP contribution in [0.1, 0.15) is 31.4 Å². The summed E-state index contributed by atoms with van der Waals surface area (Å²) in [7, 11) is 0. The molecule has 1 saturated carbocycles. The largest absolute Gasteiger partial charge is 0.450 e. The van der Waals surface area contributed by atoms with Crippen LogP contribution >= 0.6 is 0 Å². The standard InChI is InChI=1S/C13H17NO2/c1-2-16-13(15)14-12(11-8-9-11)10-6-4-3-5-7-10/h3-7,11-12H,2,8-9H2,1H3,(H,14,15). The zero-order valence-corrected chi connectivity index (χ0v) is 9.48. The van der Waals surface area contributed by atoms with Crippen LogP contribution in [0, 0.1) is 5.92 Å². The third kappa shape index (κ3) is 2.75. The molecule has 86 valence electrons. The van der Waals surface area contributed by atoms with Crippen molar-refractivity contribution in [2.24, 2.45) is 5.92 Å². The van der Waals surface area contributed by atoms with Crippen molar-refractivity contribution in [3.63, 3.8) is 0 Å². The van der Waals surface area contributed by atoms with E-state index in [2.05, 4.69) is 17.4 Å². The summed E-state index contributed by atoms with van der Waals surface area (Å²) in [6, 6.07) is 10.2. The number of carbonyl (C=O) groups is 1. The van der Waals surface area contributed by atoms with Crippen LogP contribution in [0.5, 0.6) is 0 Å². The summed E-state index contributed by atoms with van der Waals surface area (Å²) < 4.78 is 4.92. The molecule has 3 nitrogen and oxygen atoms in total. The van der Waals surface area contributed by atoms with E-state index in [0.717, 1.165) is 5.56 Å². The third-order valence-corrected chi connectivity index (χ3v) is 2.80. The molecule has 1 aliphatic rings. The number of ether oxygens (including phenoxy) is 1. The lowest BCUT2D eigenvalue weighted by Crippen LogP contribution is -2.30. The molecule has 16 heavy (non-hydrogen) atoms. The number of alkyl carbamates (subject to hydrolysis) is 1. The van der Waals surface area contributed by atoms with Gasteiger partial charge in [-0.3, -0.25) is 0 Å². The Morgan fingerprint density at radius 1 is 1.44 bits per heavy atom. The lowest BCUT2D eigenvalue weighted by Gasteiger charge is -2.18. The van der Waals surface area contributed by atoms with Gasteiger partial charge in [-0.2, -0.15) is 0 Å². The molecule has 0 spiro atoms. The Labute approximate surface area is 95.8 Å². The minimum atomic E-state index is -0.316. The van der Waals surface area contributed by atoms with Crippen molar-refractivity contribution in [3.05, 3.63) is 35.9 Å². The molecule has 1 aromatic carbocycles. The van der Waals surface area contributed by atoms with Gasteiger partial charge in [0.1, 0.15) is 0 Å². The smallest absolute Gasteiger partial charge is 0.407 e. The van der Waals surface area contributed by atoms with Gasteiger partial charge in [-0.25, -0.2) is 4.79 Å². The van der Waals surface area contributed by atoms with Crippen molar-refractivity contribution >= 4 is 6.09 Å². The van der Waals surface area contributed by atoms with Crippen molar-refractivity contribution in [1.82, 2.24) is 5.32 Å². The van der Waals surface area contributed by atoms with E-state index in [0.29, 0.717) is 12.5 Å². The maximum Gasteiger partial charge on any atom is 0.407 e. The maximum absolute atomic E-state index is 11.4. The Morgan fingerprint density at radius 2 is 2.12 bits per heavy atom. The van der Waals surface area contributed by atoms with Crippen molar-refractivity contribution in [1.29, 1.82) is 0 Å². The Kier molecular flexibility index (Phi) is 3.44. The minimum absolute atomic E-state index is 0.111. The molecule has 1 N–H and O–H groups in total. The second-order valence-electron chi connectivity index (χ2n) is 4.09. The highest BCUT2D eigenvalue weighted by molar-refractivity contribution is 5.68. The molecule has 0 radical (unpaired) electrons. The Balaban J connectivity index is 2.03. The van der Waals surface area contributed by atoms with Crippen molar-refractivity contribution in [2.45, 2.75) is 25.8 Å². The van der Waals surface area contributed by atoms with Crippen molar-refractivity contribution in [3.8, 4) is 0 Å². The van der Waals surface area contributed by atoms with E-state index in [-0.39, 0.29) is 12.1 Å². The molecule has 0 aliphatic heterocycles. The summed E-state index contributed by atoms with van der Waals surface area (Å²) in [5, 5.41) is 2.94. The van der Waals surface area contributed by atoms with E-state index < -0.39 is 0 Å². The quantitative estimate of drug-likeness (QED) is 0.845. The van der Waals surface area contributed by atoms with Gasteiger partial charge < -0.3 is 10.1 Å². The van der Waals surface area contributed by atoms with E-state index in [1.54, 1.807) is 0 Å². The fourth-order valence-electron chi connectivity index (χ4n) is 1.86. The summed E-state index contributed by atoms with van der Waals surface area (Å²) in [5.74, 6) is 0.576. The molecule has 1 atom stereocenters. The topological polar surface area (TPSA) is 38.3 Å². The lowest BCUT2D eigenvalue weighted by molar-refractivity contribution is 0.146. The number of hydrogen-bond donors (Lipinski definition) is 1. The average molecular weight is 219 g/mol. The third-order valence-electron chi connectivity index (χ3n) is 2.80. The number of nitrogens with one attached hydrogen (secondary N) is 1. The van der Waals surface area contributed by atoms with E-state index in [1.165, 1.54) is 12.8 Å². The Morgan fingerprint density at radius 3 is 2.69 bits per heavy atom. The summed E-state index contributed by atoms with van der Waals surface area (Å²) in [6.45, 7) is 2.23. The first-order chi connectivity index (χ1) is 7.81. The zero-order valence-electron chi connectivity index (χ0n) is 9.48. The first-order valence-corrected chi connectivity index (χ1v) is 5.79. The summed E-state index contributed by atoms with van der Waals surface area (Å²) in [6.07, 6.45) is 2.06. The monoisotopic (exact) mass is 219 g/mol. The van der Waals surface area contributed by atoms with E-state index in [1.807, 2.05) is 25.1 Å². The molecule has 1 aromatic rings. The van der Waals surface area contributed by atoms with Crippen molar-refractivity contribution in [2.75, 3.05) is 6.61 Å². The fraction of sp³-hybridized carbons (Fsp3) is 0.462. The van der Waals surface area contributed by atoms with Crippen LogP contribution < -0.4 is 5.32 Å². The van der Waals surface area contributed by atoms with Crippen LogP contribution in [0.3, 0.4) is 0 Å². The number of amides is 1. The minimum Gasteiger partial charge on any atom is -0.450 e. The molecule has 3 heteroatoms. The number of hydrogen-bond acceptors (Lipinski definition) is 2. The summed E-state index contributed by atoms with van der Waals surface area (Å²) in [4.78, 5) is 11.4. The maximum atomic E-state index is 11.4. The molecule has 1 unspecified atom stereocenters. The number of rotatable bonds is 4. The molecule has 2 rings (SSSR count). The highest BCUT2D eigenvalue weighted by Gasteiger charge is 2.33. The molecule has 0 aromatic heterocycles. The van der Waals surface area contributed by atoms with Gasteiger partial charge in [0.15, 0.2) is 0 Å². The second-order valence-corrected chi connectivity index (χ2v) is 4.09. The average Bonchev–Trinajstić information content (AvgIpc) is 3.11. The molecule has 1 amide bonds. The van der Waals surface area contributed by atoms with Gasteiger partial charge in [-0.15, -0.1) is 0 Å². The van der Waals surface area contributed by atoms with Gasteiger partial charge >= 0.3 is 6.09 Å².